The Morgan fingerprint density at radius 3 is 1.52 bits per heavy atom. The summed E-state index contributed by atoms with van der Waals surface area (Å²) < 4.78 is 31.4. The van der Waals surface area contributed by atoms with E-state index in [4.69, 9.17) is 26.6 Å². The molecule has 0 bridgehead atoms. The zero-order valence-electron chi connectivity index (χ0n) is 14.0. The van der Waals surface area contributed by atoms with E-state index < -0.39 is 17.6 Å². The molecule has 0 aliphatic heterocycles. The quantitative estimate of drug-likeness (QED) is 0.346. The fraction of sp³-hybridized carbons (Fsp3) is 1.00. The minimum atomic E-state index is -2.39. The van der Waals surface area contributed by atoms with Crippen LogP contribution in [0.3, 0.4) is 0 Å². The van der Waals surface area contributed by atoms with E-state index in [9.17, 15) is 0 Å². The molecular formula is C11H30O6S2Si2. The van der Waals surface area contributed by atoms with E-state index in [0.717, 1.165) is 0 Å². The van der Waals surface area contributed by atoms with Crippen LogP contribution >= 0.6 is 25.3 Å². The summed E-state index contributed by atoms with van der Waals surface area (Å²) in [5, 5.41) is 0. The highest BCUT2D eigenvalue weighted by atomic mass is 32.1. The van der Waals surface area contributed by atoms with E-state index in [1.165, 1.54) is 0 Å². The Labute approximate surface area is 142 Å². The molecule has 0 rings (SSSR count). The Balaban J connectivity index is 0. The average molecular weight is 379 g/mol. The molecule has 21 heavy (non-hydrogen) atoms. The average Bonchev–Trinajstić information content (AvgIpc) is 2.39. The van der Waals surface area contributed by atoms with Crippen molar-refractivity contribution in [2.75, 3.05) is 33.4 Å². The van der Waals surface area contributed by atoms with Gasteiger partial charge in [0.15, 0.2) is 0 Å². The molecule has 0 aliphatic carbocycles. The number of thiol groups is 2. The van der Waals surface area contributed by atoms with Crippen LogP contribution in [0, 0.1) is 0 Å². The van der Waals surface area contributed by atoms with Gasteiger partial charge in [0.2, 0.25) is 0 Å². The van der Waals surface area contributed by atoms with Gasteiger partial charge in [-0.1, -0.05) is 0 Å². The third kappa shape index (κ3) is 13.1. The van der Waals surface area contributed by atoms with Crippen molar-refractivity contribution in [2.24, 2.45) is 0 Å². The molecule has 0 aromatic rings. The van der Waals surface area contributed by atoms with Gasteiger partial charge in [-0.3, -0.25) is 0 Å². The summed E-state index contributed by atoms with van der Waals surface area (Å²) in [6.07, 6.45) is 0. The molecule has 10 heteroatoms. The van der Waals surface area contributed by atoms with E-state index in [2.05, 4.69) is 25.3 Å². The SMILES string of the molecule is CCO[Si](C)(OCC)OC(C)S.CO[Si](C)(OC)OCS. The zero-order valence-corrected chi connectivity index (χ0v) is 17.8. The predicted octanol–water partition coefficient (Wildman–Crippen LogP) is 2.67. The molecule has 0 fully saturated rings. The van der Waals surface area contributed by atoms with Gasteiger partial charge in [-0.2, -0.15) is 12.6 Å². The highest BCUT2D eigenvalue weighted by Crippen LogP contribution is 2.13. The van der Waals surface area contributed by atoms with Gasteiger partial charge in [0.05, 0.1) is 11.4 Å². The first-order valence-electron chi connectivity index (χ1n) is 6.71. The van der Waals surface area contributed by atoms with Crippen LogP contribution in [0.2, 0.25) is 13.1 Å². The lowest BCUT2D eigenvalue weighted by molar-refractivity contribution is 0.0701. The first-order valence-corrected chi connectivity index (χ1v) is 12.3. The van der Waals surface area contributed by atoms with Crippen molar-refractivity contribution in [3.63, 3.8) is 0 Å². The molecule has 0 amide bonds. The monoisotopic (exact) mass is 378 g/mol. The van der Waals surface area contributed by atoms with Crippen LogP contribution in [-0.4, -0.2) is 56.4 Å². The maximum absolute atomic E-state index is 5.48. The van der Waals surface area contributed by atoms with Gasteiger partial charge in [-0.15, -0.1) is 12.6 Å². The fourth-order valence-electron chi connectivity index (χ4n) is 1.26. The van der Waals surface area contributed by atoms with E-state index in [1.54, 1.807) is 14.2 Å². The molecule has 0 heterocycles. The standard InChI is InChI=1S/C7H18O3SSi.C4H12O3SSi/c1-5-8-12(4,9-6-2)10-7(3)11;1-5-9(3,6-2)7-4-8/h7,11H,5-6H2,1-4H3;8H,4H2,1-3H3. The van der Waals surface area contributed by atoms with Gasteiger partial charge in [-0.25, -0.2) is 0 Å². The fourth-order valence-corrected chi connectivity index (χ4v) is 5.06. The third-order valence-corrected chi connectivity index (χ3v) is 7.50. The minimum absolute atomic E-state index is 0.139. The van der Waals surface area contributed by atoms with Gasteiger partial charge in [0.25, 0.3) is 0 Å². The Hall–Kier alpha value is 0.894. The summed E-state index contributed by atoms with van der Waals surface area (Å²) in [7, 11) is -1.53. The van der Waals surface area contributed by atoms with Crippen LogP contribution in [0.4, 0.5) is 0 Å². The van der Waals surface area contributed by atoms with Crippen LogP contribution in [0.25, 0.3) is 0 Å². The van der Waals surface area contributed by atoms with Crippen molar-refractivity contribution >= 4 is 42.9 Å². The molecule has 0 aliphatic rings. The lowest BCUT2D eigenvalue weighted by Crippen LogP contribution is -2.44. The molecule has 1 atom stereocenters. The first kappa shape index (κ1) is 24.2. The molecular weight excluding hydrogens is 348 g/mol. The van der Waals surface area contributed by atoms with Gasteiger partial charge in [0.1, 0.15) is 0 Å². The lowest BCUT2D eigenvalue weighted by Gasteiger charge is -2.26. The van der Waals surface area contributed by atoms with Crippen molar-refractivity contribution in [1.82, 2.24) is 0 Å². The Bertz CT molecular complexity index is 239. The van der Waals surface area contributed by atoms with Crippen molar-refractivity contribution in [3.05, 3.63) is 0 Å². The molecule has 0 aromatic heterocycles. The summed E-state index contributed by atoms with van der Waals surface area (Å²) in [6.45, 7) is 10.6. The molecule has 0 spiro atoms. The molecule has 130 valence electrons. The second-order valence-corrected chi connectivity index (χ2v) is 10.3. The number of hydrogen-bond acceptors (Lipinski definition) is 8. The minimum Gasteiger partial charge on any atom is -0.377 e. The van der Waals surface area contributed by atoms with Crippen molar-refractivity contribution < 1.29 is 26.6 Å². The van der Waals surface area contributed by atoms with E-state index in [1.807, 2.05) is 33.9 Å². The summed E-state index contributed by atoms with van der Waals surface area (Å²) in [4.78, 5) is 0. The van der Waals surface area contributed by atoms with Crippen molar-refractivity contribution in [3.8, 4) is 0 Å². The lowest BCUT2D eigenvalue weighted by atomic mass is 10.9. The van der Waals surface area contributed by atoms with Crippen LogP contribution in [0.5, 0.6) is 0 Å². The normalized spacial score (nSPS) is 13.6. The number of rotatable bonds is 10. The highest BCUT2D eigenvalue weighted by molar-refractivity contribution is 7.80. The van der Waals surface area contributed by atoms with Crippen LogP contribution in [0.15, 0.2) is 0 Å². The Morgan fingerprint density at radius 1 is 0.905 bits per heavy atom. The molecule has 6 nitrogen and oxygen atoms in total. The van der Waals surface area contributed by atoms with E-state index in [-0.39, 0.29) is 5.44 Å². The number of hydrogen-bond donors (Lipinski definition) is 2. The summed E-state index contributed by atoms with van der Waals surface area (Å²) in [6, 6.07) is 0. The zero-order chi connectivity index (χ0) is 16.9. The second-order valence-electron chi connectivity index (χ2n) is 3.99. The van der Waals surface area contributed by atoms with Crippen LogP contribution in [0.1, 0.15) is 20.8 Å². The Kier molecular flexibility index (Phi) is 15.3. The maximum Gasteiger partial charge on any atom is 0.498 e. The summed E-state index contributed by atoms with van der Waals surface area (Å²) in [5.74, 6) is 0.338. The molecule has 0 radical (unpaired) electrons. The van der Waals surface area contributed by atoms with Gasteiger partial charge in [0, 0.05) is 40.5 Å². The van der Waals surface area contributed by atoms with Gasteiger partial charge >= 0.3 is 17.6 Å². The maximum atomic E-state index is 5.48. The van der Waals surface area contributed by atoms with Crippen molar-refractivity contribution in [2.45, 2.75) is 39.3 Å². The Morgan fingerprint density at radius 2 is 1.33 bits per heavy atom. The van der Waals surface area contributed by atoms with Crippen LogP contribution < -0.4 is 0 Å². The molecule has 0 N–H and O–H groups in total. The topological polar surface area (TPSA) is 55.4 Å². The molecule has 0 saturated carbocycles. The highest BCUT2D eigenvalue weighted by Gasteiger charge is 2.35. The van der Waals surface area contributed by atoms with E-state index in [0.29, 0.717) is 19.2 Å². The second kappa shape index (κ2) is 13.3. The molecule has 0 aromatic carbocycles. The summed E-state index contributed by atoms with van der Waals surface area (Å²) >= 11 is 8.00. The van der Waals surface area contributed by atoms with Gasteiger partial charge in [-0.05, 0) is 20.8 Å². The first-order chi connectivity index (χ1) is 9.72. The third-order valence-electron chi connectivity index (χ3n) is 2.27. The molecule has 0 saturated heterocycles. The van der Waals surface area contributed by atoms with Crippen LogP contribution in [-0.2, 0) is 26.6 Å². The molecule has 1 unspecified atom stereocenters. The largest absolute Gasteiger partial charge is 0.498 e. The van der Waals surface area contributed by atoms with Crippen molar-refractivity contribution in [1.29, 1.82) is 0 Å². The predicted molar refractivity (Wildman–Crippen MR) is 95.0 cm³/mol. The van der Waals surface area contributed by atoms with Gasteiger partial charge < -0.3 is 26.6 Å². The summed E-state index contributed by atoms with van der Waals surface area (Å²) in [5.41, 5.74) is -0.139. The van der Waals surface area contributed by atoms with E-state index >= 15 is 0 Å². The smallest absolute Gasteiger partial charge is 0.377 e.